The number of aromatic nitrogens is 2. The molecule has 1 aromatic heterocycles. The van der Waals surface area contributed by atoms with Crippen LogP contribution in [0.5, 0.6) is 0 Å². The lowest BCUT2D eigenvalue weighted by atomic mass is 9.65. The van der Waals surface area contributed by atoms with E-state index in [-0.39, 0.29) is 29.0 Å². The lowest BCUT2D eigenvalue weighted by Crippen LogP contribution is -2.44. The standard InChI is InChI=1S/C20H23FN4O/c1-24-11-13(8-23-24)14-9-22-10-15(14)19(26)25-12-20(6-3-7-20)18-16(21)4-2-5-17(18)25/h2,4-5,8,11,14-15,22H,3,6-7,9-10,12H2,1H3/t14-,15+/m1/s1. The van der Waals surface area contributed by atoms with Crippen LogP contribution in [0.1, 0.15) is 36.3 Å². The van der Waals surface area contributed by atoms with Gasteiger partial charge in [-0.15, -0.1) is 0 Å². The van der Waals surface area contributed by atoms with Gasteiger partial charge in [-0.2, -0.15) is 5.10 Å². The van der Waals surface area contributed by atoms with Crippen LogP contribution in [0.25, 0.3) is 0 Å². The molecule has 2 fully saturated rings. The molecule has 1 spiro atoms. The molecule has 1 saturated carbocycles. The first-order valence-electron chi connectivity index (χ1n) is 9.39. The molecule has 5 rings (SSSR count). The van der Waals surface area contributed by atoms with E-state index in [2.05, 4.69) is 10.4 Å². The number of benzene rings is 1. The number of amides is 1. The van der Waals surface area contributed by atoms with Crippen molar-refractivity contribution in [2.75, 3.05) is 24.5 Å². The Morgan fingerprint density at radius 3 is 2.88 bits per heavy atom. The van der Waals surface area contributed by atoms with E-state index in [1.54, 1.807) is 10.7 Å². The van der Waals surface area contributed by atoms with Crippen molar-refractivity contribution in [1.29, 1.82) is 0 Å². The van der Waals surface area contributed by atoms with Crippen LogP contribution >= 0.6 is 0 Å². The maximum absolute atomic E-state index is 14.6. The van der Waals surface area contributed by atoms with Crippen molar-refractivity contribution < 1.29 is 9.18 Å². The van der Waals surface area contributed by atoms with Crippen LogP contribution in [-0.2, 0) is 17.3 Å². The number of fused-ring (bicyclic) bond motifs is 2. The summed E-state index contributed by atoms with van der Waals surface area (Å²) < 4.78 is 16.4. The van der Waals surface area contributed by atoms with Crippen molar-refractivity contribution in [2.45, 2.75) is 30.6 Å². The number of halogens is 1. The molecule has 1 N–H and O–H groups in total. The molecule has 5 nitrogen and oxygen atoms in total. The van der Waals surface area contributed by atoms with Gasteiger partial charge in [0.15, 0.2) is 0 Å². The Hall–Kier alpha value is -2.21. The smallest absolute Gasteiger partial charge is 0.232 e. The molecule has 0 radical (unpaired) electrons. The fraction of sp³-hybridized carbons (Fsp3) is 0.500. The summed E-state index contributed by atoms with van der Waals surface area (Å²) in [5.74, 6) is -0.0676. The van der Waals surface area contributed by atoms with Gasteiger partial charge in [0.2, 0.25) is 5.91 Å². The van der Waals surface area contributed by atoms with Crippen molar-refractivity contribution in [2.24, 2.45) is 13.0 Å². The Morgan fingerprint density at radius 2 is 2.19 bits per heavy atom. The maximum atomic E-state index is 14.6. The predicted octanol–water partition coefficient (Wildman–Crippen LogP) is 2.33. The quantitative estimate of drug-likeness (QED) is 0.901. The molecule has 26 heavy (non-hydrogen) atoms. The molecule has 2 aliphatic heterocycles. The largest absolute Gasteiger partial charge is 0.315 e. The van der Waals surface area contributed by atoms with Crippen molar-refractivity contribution in [3.05, 3.63) is 47.5 Å². The maximum Gasteiger partial charge on any atom is 0.232 e. The highest BCUT2D eigenvalue weighted by Crippen LogP contribution is 2.54. The average Bonchev–Trinajstić information content (AvgIpc) is 3.29. The fourth-order valence-corrected chi connectivity index (χ4v) is 5.06. The second kappa shape index (κ2) is 5.64. The lowest BCUT2D eigenvalue weighted by Gasteiger charge is -2.39. The van der Waals surface area contributed by atoms with Crippen LogP contribution < -0.4 is 10.2 Å². The van der Waals surface area contributed by atoms with Gasteiger partial charge in [0, 0.05) is 49.8 Å². The van der Waals surface area contributed by atoms with Gasteiger partial charge in [0.05, 0.1) is 17.8 Å². The number of carbonyl (C=O) groups is 1. The van der Waals surface area contributed by atoms with Crippen LogP contribution in [0.15, 0.2) is 30.6 Å². The monoisotopic (exact) mass is 354 g/mol. The highest BCUT2D eigenvalue weighted by atomic mass is 19.1. The van der Waals surface area contributed by atoms with Crippen molar-refractivity contribution in [1.82, 2.24) is 15.1 Å². The molecule has 3 aliphatic rings. The van der Waals surface area contributed by atoms with Crippen molar-refractivity contribution in [3.8, 4) is 0 Å². The van der Waals surface area contributed by atoms with Crippen LogP contribution in [0, 0.1) is 11.7 Å². The van der Waals surface area contributed by atoms with E-state index in [0.717, 1.165) is 42.6 Å². The van der Waals surface area contributed by atoms with Gasteiger partial charge in [0.25, 0.3) is 0 Å². The Balaban J connectivity index is 1.49. The number of hydrogen-bond acceptors (Lipinski definition) is 3. The highest BCUT2D eigenvalue weighted by molar-refractivity contribution is 5.99. The van der Waals surface area contributed by atoms with Gasteiger partial charge in [-0.25, -0.2) is 4.39 Å². The van der Waals surface area contributed by atoms with Crippen LogP contribution in [-0.4, -0.2) is 35.3 Å². The topological polar surface area (TPSA) is 50.2 Å². The van der Waals surface area contributed by atoms with Gasteiger partial charge >= 0.3 is 0 Å². The number of anilines is 1. The Kier molecular flexibility index (Phi) is 3.47. The first-order valence-corrected chi connectivity index (χ1v) is 9.39. The SMILES string of the molecule is Cn1cc([C@H]2CNC[C@@H]2C(=O)N2CC3(CCC3)c3c(F)cccc32)cn1. The third kappa shape index (κ3) is 2.18. The van der Waals surface area contributed by atoms with Crippen LogP contribution in [0.2, 0.25) is 0 Å². The van der Waals surface area contributed by atoms with Gasteiger partial charge in [-0.1, -0.05) is 12.5 Å². The van der Waals surface area contributed by atoms with E-state index < -0.39 is 0 Å². The van der Waals surface area contributed by atoms with Crippen molar-refractivity contribution >= 4 is 11.6 Å². The first-order chi connectivity index (χ1) is 12.6. The summed E-state index contributed by atoms with van der Waals surface area (Å²) in [6.45, 7) is 2.06. The summed E-state index contributed by atoms with van der Waals surface area (Å²) in [6.07, 6.45) is 6.89. The molecule has 1 aliphatic carbocycles. The van der Waals surface area contributed by atoms with E-state index >= 15 is 0 Å². The Morgan fingerprint density at radius 1 is 1.35 bits per heavy atom. The average molecular weight is 354 g/mol. The number of aryl methyl sites for hydroxylation is 1. The van der Waals surface area contributed by atoms with Crippen LogP contribution in [0.3, 0.4) is 0 Å². The van der Waals surface area contributed by atoms with Gasteiger partial charge < -0.3 is 10.2 Å². The summed E-state index contributed by atoms with van der Waals surface area (Å²) >= 11 is 0. The number of hydrogen-bond donors (Lipinski definition) is 1. The molecule has 6 heteroatoms. The van der Waals surface area contributed by atoms with E-state index in [9.17, 15) is 9.18 Å². The fourth-order valence-electron chi connectivity index (χ4n) is 5.06. The zero-order chi connectivity index (χ0) is 17.9. The zero-order valence-electron chi connectivity index (χ0n) is 14.9. The molecule has 1 saturated heterocycles. The minimum atomic E-state index is -0.161. The Bertz CT molecular complexity index is 872. The van der Waals surface area contributed by atoms with E-state index in [1.165, 1.54) is 6.07 Å². The predicted molar refractivity (Wildman–Crippen MR) is 96.6 cm³/mol. The van der Waals surface area contributed by atoms with Gasteiger partial charge in [-0.3, -0.25) is 9.48 Å². The normalized spacial score (nSPS) is 26.2. The number of nitrogens with one attached hydrogen (secondary N) is 1. The highest BCUT2D eigenvalue weighted by Gasteiger charge is 2.51. The number of carbonyl (C=O) groups excluding carboxylic acids is 1. The second-order valence-electron chi connectivity index (χ2n) is 8.01. The molecular weight excluding hydrogens is 331 g/mol. The molecule has 0 unspecified atom stereocenters. The first kappa shape index (κ1) is 16.0. The lowest BCUT2D eigenvalue weighted by molar-refractivity contribution is -0.122. The zero-order valence-corrected chi connectivity index (χ0v) is 14.9. The van der Waals surface area contributed by atoms with Gasteiger partial charge in [0.1, 0.15) is 5.82 Å². The molecule has 2 aromatic rings. The summed E-state index contributed by atoms with van der Waals surface area (Å²) in [5, 5.41) is 7.62. The number of nitrogens with zero attached hydrogens (tertiary/aromatic N) is 3. The summed E-state index contributed by atoms with van der Waals surface area (Å²) in [6, 6.07) is 5.16. The Labute approximate surface area is 152 Å². The molecular formula is C20H23FN4O. The third-order valence-corrected chi connectivity index (χ3v) is 6.53. The molecule has 1 aromatic carbocycles. The summed E-state index contributed by atoms with van der Waals surface area (Å²) in [7, 11) is 1.89. The molecule has 2 atom stereocenters. The molecule has 136 valence electrons. The molecule has 0 bridgehead atoms. The second-order valence-corrected chi connectivity index (χ2v) is 8.01. The summed E-state index contributed by atoms with van der Waals surface area (Å²) in [4.78, 5) is 15.3. The third-order valence-electron chi connectivity index (χ3n) is 6.53. The van der Waals surface area contributed by atoms with Gasteiger partial charge in [-0.05, 0) is 30.5 Å². The van der Waals surface area contributed by atoms with Crippen LogP contribution in [0.4, 0.5) is 10.1 Å². The van der Waals surface area contributed by atoms with E-state index in [0.29, 0.717) is 13.1 Å². The minimum Gasteiger partial charge on any atom is -0.315 e. The van der Waals surface area contributed by atoms with E-state index in [4.69, 9.17) is 0 Å². The molecule has 1 amide bonds. The number of rotatable bonds is 2. The van der Waals surface area contributed by atoms with Crippen molar-refractivity contribution in [3.63, 3.8) is 0 Å². The summed E-state index contributed by atoms with van der Waals surface area (Å²) in [5.41, 5.74) is 2.48. The van der Waals surface area contributed by atoms with E-state index in [1.807, 2.05) is 30.4 Å². The molecule has 3 heterocycles. The minimum absolute atomic E-state index is 0.111.